The lowest BCUT2D eigenvalue weighted by molar-refractivity contribution is 0.0943. The first-order chi connectivity index (χ1) is 18.8. The smallest absolute Gasteiger partial charge is 0.253 e. The fourth-order valence-corrected chi connectivity index (χ4v) is 5.77. The minimum Gasteiger partial charge on any atom is -0.497 e. The van der Waals surface area contributed by atoms with Crippen molar-refractivity contribution in [3.05, 3.63) is 81.9 Å². The topological polar surface area (TPSA) is 70.6 Å². The number of piperidine rings is 1. The third-order valence-electron chi connectivity index (χ3n) is 7.90. The lowest BCUT2D eigenvalue weighted by Gasteiger charge is -2.42. The summed E-state index contributed by atoms with van der Waals surface area (Å²) in [6.07, 6.45) is 6.90. The summed E-state index contributed by atoms with van der Waals surface area (Å²) in [5.41, 5.74) is 5.85. The number of amides is 1. The Balaban J connectivity index is 1.34. The van der Waals surface area contributed by atoms with Gasteiger partial charge in [0.15, 0.2) is 0 Å². The molecule has 8 heteroatoms. The molecular formula is C31H40ClN5O2. The number of hydrogen-bond donors (Lipinski definition) is 1. The van der Waals surface area contributed by atoms with Crippen LogP contribution >= 0.6 is 11.6 Å². The molecule has 7 nitrogen and oxygen atoms in total. The number of methoxy groups -OCH3 is 1. The minimum absolute atomic E-state index is 0.0825. The molecule has 0 radical (unpaired) electrons. The van der Waals surface area contributed by atoms with Gasteiger partial charge in [0.25, 0.3) is 5.91 Å². The molecule has 1 amide bonds. The van der Waals surface area contributed by atoms with Crippen molar-refractivity contribution >= 4 is 23.2 Å². The number of carbonyl (C=O) groups is 1. The van der Waals surface area contributed by atoms with Crippen molar-refractivity contribution in [2.24, 2.45) is 0 Å². The van der Waals surface area contributed by atoms with Crippen molar-refractivity contribution in [1.82, 2.24) is 20.2 Å². The summed E-state index contributed by atoms with van der Waals surface area (Å²) in [6, 6.07) is 13.0. The van der Waals surface area contributed by atoms with Gasteiger partial charge in [-0.3, -0.25) is 9.78 Å². The van der Waals surface area contributed by atoms with Gasteiger partial charge in [0.1, 0.15) is 10.9 Å². The molecule has 39 heavy (non-hydrogen) atoms. The second-order valence-electron chi connectivity index (χ2n) is 10.5. The van der Waals surface area contributed by atoms with E-state index < -0.39 is 0 Å². The van der Waals surface area contributed by atoms with Crippen LogP contribution in [0, 0.1) is 20.8 Å². The van der Waals surface area contributed by atoms with Crippen LogP contribution < -0.4 is 15.0 Å². The number of nitrogens with one attached hydrogen (secondary N) is 1. The van der Waals surface area contributed by atoms with Gasteiger partial charge < -0.3 is 19.9 Å². The zero-order chi connectivity index (χ0) is 27.9. The van der Waals surface area contributed by atoms with Gasteiger partial charge in [0.2, 0.25) is 0 Å². The molecule has 208 valence electrons. The average molecular weight is 550 g/mol. The highest BCUT2D eigenvalue weighted by Crippen LogP contribution is 2.29. The SMILES string of the molecule is COc1ccc(N(Cc2cnccc2C)C2CCN([C@@H](C)CCNC(=O)c3c(C)cc(Cl)nc3C)CC2)cc1. The van der Waals surface area contributed by atoms with Gasteiger partial charge in [0, 0.05) is 56.3 Å². The first-order valence-electron chi connectivity index (χ1n) is 13.7. The Morgan fingerprint density at radius 2 is 1.87 bits per heavy atom. The molecule has 1 aliphatic heterocycles. The normalized spacial score (nSPS) is 15.1. The van der Waals surface area contributed by atoms with E-state index in [1.807, 2.05) is 38.4 Å². The Labute approximate surface area is 237 Å². The first kappa shape index (κ1) is 28.8. The maximum Gasteiger partial charge on any atom is 0.253 e. The van der Waals surface area contributed by atoms with Crippen molar-refractivity contribution in [3.63, 3.8) is 0 Å². The molecule has 0 unspecified atom stereocenters. The van der Waals surface area contributed by atoms with E-state index in [2.05, 4.69) is 57.1 Å². The van der Waals surface area contributed by atoms with Crippen molar-refractivity contribution < 1.29 is 9.53 Å². The second kappa shape index (κ2) is 13.3. The van der Waals surface area contributed by atoms with Gasteiger partial charge in [-0.2, -0.15) is 0 Å². The fraction of sp³-hybridized carbons (Fsp3) is 0.452. The fourth-order valence-electron chi connectivity index (χ4n) is 5.48. The number of halogens is 1. The van der Waals surface area contributed by atoms with E-state index in [0.717, 1.165) is 50.2 Å². The van der Waals surface area contributed by atoms with Gasteiger partial charge >= 0.3 is 0 Å². The Morgan fingerprint density at radius 3 is 2.51 bits per heavy atom. The van der Waals surface area contributed by atoms with Crippen molar-refractivity contribution in [3.8, 4) is 5.75 Å². The molecule has 1 saturated heterocycles. The summed E-state index contributed by atoms with van der Waals surface area (Å²) >= 11 is 6.02. The zero-order valence-electron chi connectivity index (χ0n) is 23.7. The lowest BCUT2D eigenvalue weighted by atomic mass is 9.99. The quantitative estimate of drug-likeness (QED) is 0.325. The molecule has 0 aliphatic carbocycles. The molecule has 0 saturated carbocycles. The van der Waals surface area contributed by atoms with E-state index in [4.69, 9.17) is 16.3 Å². The molecule has 4 rings (SSSR count). The van der Waals surface area contributed by atoms with Crippen LogP contribution in [0.5, 0.6) is 5.75 Å². The Hall–Kier alpha value is -3.16. The summed E-state index contributed by atoms with van der Waals surface area (Å²) in [5.74, 6) is 0.783. The van der Waals surface area contributed by atoms with Crippen LogP contribution in [0.25, 0.3) is 0 Å². The zero-order valence-corrected chi connectivity index (χ0v) is 24.5. The van der Waals surface area contributed by atoms with Crippen LogP contribution in [-0.2, 0) is 6.54 Å². The van der Waals surface area contributed by atoms with E-state index in [1.54, 1.807) is 13.2 Å². The third-order valence-corrected chi connectivity index (χ3v) is 8.09. The van der Waals surface area contributed by atoms with Crippen molar-refractivity contribution in [1.29, 1.82) is 0 Å². The number of pyridine rings is 2. The highest BCUT2D eigenvalue weighted by Gasteiger charge is 2.28. The second-order valence-corrected chi connectivity index (χ2v) is 10.9. The number of carbonyl (C=O) groups excluding carboxylic acids is 1. The number of aryl methyl sites for hydroxylation is 3. The summed E-state index contributed by atoms with van der Waals surface area (Å²) in [6.45, 7) is 11.6. The van der Waals surface area contributed by atoms with Crippen molar-refractivity contribution in [2.75, 3.05) is 31.6 Å². The lowest BCUT2D eigenvalue weighted by Crippen LogP contribution is -2.48. The largest absolute Gasteiger partial charge is 0.497 e. The van der Waals surface area contributed by atoms with Gasteiger partial charge in [-0.15, -0.1) is 0 Å². The van der Waals surface area contributed by atoms with Gasteiger partial charge in [-0.1, -0.05) is 11.6 Å². The predicted octanol–water partition coefficient (Wildman–Crippen LogP) is 5.74. The van der Waals surface area contributed by atoms with E-state index in [-0.39, 0.29) is 5.91 Å². The molecule has 1 N–H and O–H groups in total. The number of benzene rings is 1. The van der Waals surface area contributed by atoms with E-state index in [0.29, 0.717) is 35.0 Å². The number of hydrogen-bond acceptors (Lipinski definition) is 6. The predicted molar refractivity (Wildman–Crippen MR) is 158 cm³/mol. The van der Waals surface area contributed by atoms with Crippen LogP contribution in [0.1, 0.15) is 58.9 Å². The number of nitrogens with zero attached hydrogens (tertiary/aromatic N) is 4. The summed E-state index contributed by atoms with van der Waals surface area (Å²) in [4.78, 5) is 26.5. The van der Waals surface area contributed by atoms with Crippen molar-refractivity contribution in [2.45, 2.75) is 65.6 Å². The van der Waals surface area contributed by atoms with Gasteiger partial charge in [-0.05, 0) is 100 Å². The van der Waals surface area contributed by atoms with E-state index in [1.165, 1.54) is 16.8 Å². The molecule has 0 bridgehead atoms. The summed E-state index contributed by atoms with van der Waals surface area (Å²) in [5, 5.41) is 3.50. The van der Waals surface area contributed by atoms with Crippen LogP contribution in [0.2, 0.25) is 5.15 Å². The van der Waals surface area contributed by atoms with E-state index in [9.17, 15) is 4.79 Å². The molecular weight excluding hydrogens is 510 g/mol. The number of rotatable bonds is 10. The molecule has 0 spiro atoms. The molecule has 1 fully saturated rings. The van der Waals surface area contributed by atoms with Gasteiger partial charge in [-0.25, -0.2) is 4.98 Å². The summed E-state index contributed by atoms with van der Waals surface area (Å²) in [7, 11) is 1.70. The standard InChI is InChI=1S/C31H40ClN5O2/c1-21-10-14-33-19-25(21)20-37(26-6-8-28(39-5)9-7-26)27-12-16-36(17-13-27)23(3)11-15-34-31(38)30-22(2)18-29(32)35-24(30)4/h6-10,14,18-19,23,27H,11-13,15-17,20H2,1-5H3,(H,34,38)/t23-/m0/s1. The highest BCUT2D eigenvalue weighted by atomic mass is 35.5. The Morgan fingerprint density at radius 1 is 1.15 bits per heavy atom. The minimum atomic E-state index is -0.0825. The Kier molecular flexibility index (Phi) is 9.81. The third kappa shape index (κ3) is 7.28. The molecule has 1 aromatic carbocycles. The number of anilines is 1. The maximum absolute atomic E-state index is 12.8. The highest BCUT2D eigenvalue weighted by molar-refractivity contribution is 6.29. The molecule has 1 aliphatic rings. The van der Waals surface area contributed by atoms with Crippen LogP contribution in [0.4, 0.5) is 5.69 Å². The first-order valence-corrected chi connectivity index (χ1v) is 14.1. The van der Waals surface area contributed by atoms with Crippen LogP contribution in [0.15, 0.2) is 48.8 Å². The van der Waals surface area contributed by atoms with Crippen LogP contribution in [-0.4, -0.2) is 59.6 Å². The molecule has 1 atom stereocenters. The summed E-state index contributed by atoms with van der Waals surface area (Å²) < 4.78 is 5.39. The molecule has 3 aromatic rings. The van der Waals surface area contributed by atoms with E-state index >= 15 is 0 Å². The number of likely N-dealkylation sites (tertiary alicyclic amines) is 1. The number of aromatic nitrogens is 2. The Bertz CT molecular complexity index is 1240. The average Bonchev–Trinajstić information content (AvgIpc) is 2.92. The van der Waals surface area contributed by atoms with Crippen LogP contribution in [0.3, 0.4) is 0 Å². The molecule has 2 aromatic heterocycles. The maximum atomic E-state index is 12.8. The number of ether oxygens (including phenoxy) is 1. The van der Waals surface area contributed by atoms with Gasteiger partial charge in [0.05, 0.1) is 18.4 Å². The monoisotopic (exact) mass is 549 g/mol. The molecule has 3 heterocycles.